The summed E-state index contributed by atoms with van der Waals surface area (Å²) in [6.45, 7) is 4.36. The first-order valence-electron chi connectivity index (χ1n) is 11.4. The average Bonchev–Trinajstić information content (AvgIpc) is 3.44. The van der Waals surface area contributed by atoms with Crippen LogP contribution < -0.4 is 16.0 Å². The fourth-order valence-corrected chi connectivity index (χ4v) is 4.65. The van der Waals surface area contributed by atoms with Gasteiger partial charge in [-0.1, -0.05) is 56.7 Å². The number of urea groups is 1. The number of nitrogens with one attached hydrogen (secondary N) is 3. The Labute approximate surface area is 194 Å². The third-order valence-electron chi connectivity index (χ3n) is 5.75. The number of thioether (sulfide) groups is 1. The van der Waals surface area contributed by atoms with Crippen molar-refractivity contribution < 1.29 is 9.59 Å². The quantitative estimate of drug-likeness (QED) is 0.369. The van der Waals surface area contributed by atoms with Crippen LogP contribution in [-0.2, 0) is 11.2 Å². The van der Waals surface area contributed by atoms with Crippen LogP contribution in [0.5, 0.6) is 0 Å². The lowest BCUT2D eigenvalue weighted by atomic mass is 10.0. The van der Waals surface area contributed by atoms with E-state index < -0.39 is 6.04 Å². The van der Waals surface area contributed by atoms with Gasteiger partial charge in [-0.2, -0.15) is 0 Å². The second-order valence-electron chi connectivity index (χ2n) is 8.49. The van der Waals surface area contributed by atoms with Crippen molar-refractivity contribution in [3.63, 3.8) is 0 Å². The van der Waals surface area contributed by atoms with Crippen molar-refractivity contribution in [1.29, 1.82) is 0 Å². The minimum Gasteiger partial charge on any atom is -0.354 e. The molecule has 3 rings (SSSR count). The first-order valence-corrected chi connectivity index (χ1v) is 12.6. The number of aryl methyl sites for hydroxylation is 1. The Kier molecular flexibility index (Phi) is 8.96. The summed E-state index contributed by atoms with van der Waals surface area (Å²) in [5, 5.41) is 18.2. The minimum atomic E-state index is -0.607. The summed E-state index contributed by atoms with van der Waals surface area (Å²) in [7, 11) is 0. The van der Waals surface area contributed by atoms with Crippen molar-refractivity contribution in [2.24, 2.45) is 5.92 Å². The third kappa shape index (κ3) is 6.48. The Morgan fingerprint density at radius 1 is 1.16 bits per heavy atom. The highest BCUT2D eigenvalue weighted by Crippen LogP contribution is 2.33. The van der Waals surface area contributed by atoms with Gasteiger partial charge in [-0.25, -0.2) is 4.79 Å². The molecule has 3 amide bonds. The number of rotatable bonds is 10. The number of hydrogen-bond donors (Lipinski definition) is 3. The van der Waals surface area contributed by atoms with Crippen LogP contribution in [0.4, 0.5) is 10.5 Å². The summed E-state index contributed by atoms with van der Waals surface area (Å²) in [5.41, 5.74) is 0.684. The molecule has 1 aromatic carbocycles. The molecule has 1 saturated carbocycles. The van der Waals surface area contributed by atoms with E-state index in [0.717, 1.165) is 23.8 Å². The number of carbonyl (C=O) groups excluding carboxylic acids is 2. The molecule has 1 heterocycles. The minimum absolute atomic E-state index is 0.0360. The zero-order valence-electron chi connectivity index (χ0n) is 19.1. The number of para-hydroxylation sites is 1. The first kappa shape index (κ1) is 24.1. The van der Waals surface area contributed by atoms with Crippen LogP contribution in [0.15, 0.2) is 35.5 Å². The van der Waals surface area contributed by atoms with Gasteiger partial charge in [-0.15, -0.1) is 10.2 Å². The van der Waals surface area contributed by atoms with E-state index in [1.165, 1.54) is 25.7 Å². The SMILES string of the molecule is CSc1nnc(CCCNC(=O)C(NC(=O)Nc2ccccc2)C(C)C)n1C1CCCC1. The number of hydrogen-bond acceptors (Lipinski definition) is 5. The van der Waals surface area contributed by atoms with Crippen molar-refractivity contribution in [3.8, 4) is 0 Å². The number of carbonyl (C=O) groups is 2. The van der Waals surface area contributed by atoms with Crippen molar-refractivity contribution >= 4 is 29.4 Å². The molecule has 1 atom stereocenters. The molecule has 3 N–H and O–H groups in total. The predicted molar refractivity (Wildman–Crippen MR) is 128 cm³/mol. The highest BCUT2D eigenvalue weighted by Gasteiger charge is 2.25. The lowest BCUT2D eigenvalue weighted by molar-refractivity contribution is -0.123. The topological polar surface area (TPSA) is 101 Å². The highest BCUT2D eigenvalue weighted by molar-refractivity contribution is 7.98. The summed E-state index contributed by atoms with van der Waals surface area (Å²) < 4.78 is 2.30. The van der Waals surface area contributed by atoms with E-state index in [9.17, 15) is 9.59 Å². The fraction of sp³-hybridized carbons (Fsp3) is 0.565. The van der Waals surface area contributed by atoms with Crippen molar-refractivity contribution in [2.45, 2.75) is 69.6 Å². The Hall–Kier alpha value is -2.55. The van der Waals surface area contributed by atoms with Gasteiger partial charge in [0, 0.05) is 24.7 Å². The molecule has 1 aromatic heterocycles. The molecule has 2 aromatic rings. The van der Waals surface area contributed by atoms with E-state index in [1.807, 2.05) is 38.3 Å². The number of anilines is 1. The van der Waals surface area contributed by atoms with Gasteiger partial charge in [0.05, 0.1) is 0 Å². The summed E-state index contributed by atoms with van der Waals surface area (Å²) in [4.78, 5) is 25.0. The fourth-order valence-electron chi connectivity index (χ4n) is 4.08. The van der Waals surface area contributed by atoms with E-state index in [1.54, 1.807) is 23.9 Å². The normalized spacial score (nSPS) is 15.0. The van der Waals surface area contributed by atoms with Gasteiger partial charge in [0.2, 0.25) is 5.91 Å². The molecule has 0 radical (unpaired) electrons. The Bertz CT molecular complexity index is 880. The average molecular weight is 459 g/mol. The van der Waals surface area contributed by atoms with Gasteiger partial charge in [0.15, 0.2) is 5.16 Å². The second-order valence-corrected chi connectivity index (χ2v) is 9.27. The van der Waals surface area contributed by atoms with E-state index in [2.05, 4.69) is 30.7 Å². The molecule has 0 saturated heterocycles. The molecule has 174 valence electrons. The smallest absolute Gasteiger partial charge is 0.319 e. The number of aromatic nitrogens is 3. The lowest BCUT2D eigenvalue weighted by Gasteiger charge is -2.22. The molecule has 1 unspecified atom stereocenters. The maximum atomic E-state index is 12.7. The zero-order chi connectivity index (χ0) is 22.9. The molecule has 0 aliphatic heterocycles. The maximum Gasteiger partial charge on any atom is 0.319 e. The highest BCUT2D eigenvalue weighted by atomic mass is 32.2. The van der Waals surface area contributed by atoms with E-state index in [4.69, 9.17) is 0 Å². The van der Waals surface area contributed by atoms with Gasteiger partial charge >= 0.3 is 6.03 Å². The van der Waals surface area contributed by atoms with Crippen LogP contribution in [-0.4, -0.2) is 45.5 Å². The molecule has 1 fully saturated rings. The molecule has 9 heteroatoms. The molecule has 32 heavy (non-hydrogen) atoms. The lowest BCUT2D eigenvalue weighted by Crippen LogP contribution is -2.51. The van der Waals surface area contributed by atoms with Crippen LogP contribution in [0.25, 0.3) is 0 Å². The van der Waals surface area contributed by atoms with E-state index >= 15 is 0 Å². The number of amides is 3. The molecule has 8 nitrogen and oxygen atoms in total. The molecule has 1 aliphatic rings. The second kappa shape index (κ2) is 11.9. The monoisotopic (exact) mass is 458 g/mol. The number of benzene rings is 1. The summed E-state index contributed by atoms with van der Waals surface area (Å²) >= 11 is 1.63. The van der Waals surface area contributed by atoms with E-state index in [0.29, 0.717) is 18.3 Å². The Balaban J connectivity index is 1.48. The summed E-state index contributed by atoms with van der Waals surface area (Å²) in [6, 6.07) is 8.67. The van der Waals surface area contributed by atoms with Crippen LogP contribution in [0.1, 0.15) is 57.8 Å². The molecule has 0 bridgehead atoms. The molecule has 1 aliphatic carbocycles. The van der Waals surface area contributed by atoms with Crippen molar-refractivity contribution in [2.75, 3.05) is 18.1 Å². The standard InChI is InChI=1S/C23H34N6O2S/c1-16(2)20(26-22(31)25-17-10-5-4-6-11-17)21(30)24-15-9-14-19-27-28-23(32-3)29(19)18-12-7-8-13-18/h4-6,10-11,16,18,20H,7-9,12-15H2,1-3H3,(H,24,30)(H2,25,26,31). The summed E-state index contributed by atoms with van der Waals surface area (Å²) in [6.07, 6.45) is 8.45. The van der Waals surface area contributed by atoms with Crippen LogP contribution in [0, 0.1) is 5.92 Å². The largest absolute Gasteiger partial charge is 0.354 e. The molecular weight excluding hydrogens is 424 g/mol. The van der Waals surface area contributed by atoms with Gasteiger partial charge in [0.25, 0.3) is 0 Å². The summed E-state index contributed by atoms with van der Waals surface area (Å²) in [5.74, 6) is 0.785. The van der Waals surface area contributed by atoms with Gasteiger partial charge in [-0.05, 0) is 43.6 Å². The van der Waals surface area contributed by atoms with Crippen LogP contribution in [0.3, 0.4) is 0 Å². The molecular formula is C23H34N6O2S. The van der Waals surface area contributed by atoms with Crippen LogP contribution in [0.2, 0.25) is 0 Å². The Morgan fingerprint density at radius 3 is 2.53 bits per heavy atom. The first-order chi connectivity index (χ1) is 15.5. The van der Waals surface area contributed by atoms with Gasteiger partial charge in [0.1, 0.15) is 11.9 Å². The molecule has 0 spiro atoms. The Morgan fingerprint density at radius 2 is 1.88 bits per heavy atom. The van der Waals surface area contributed by atoms with Gasteiger partial charge < -0.3 is 20.5 Å². The predicted octanol–water partition coefficient (Wildman–Crippen LogP) is 4.01. The van der Waals surface area contributed by atoms with Crippen LogP contribution >= 0.6 is 11.8 Å². The van der Waals surface area contributed by atoms with Crippen molar-refractivity contribution in [3.05, 3.63) is 36.2 Å². The zero-order valence-corrected chi connectivity index (χ0v) is 20.0. The number of nitrogens with zero attached hydrogens (tertiary/aromatic N) is 3. The van der Waals surface area contributed by atoms with Crippen molar-refractivity contribution in [1.82, 2.24) is 25.4 Å². The van der Waals surface area contributed by atoms with E-state index in [-0.39, 0.29) is 17.9 Å². The third-order valence-corrected chi connectivity index (χ3v) is 6.39. The maximum absolute atomic E-state index is 12.7. The van der Waals surface area contributed by atoms with Gasteiger partial charge in [-0.3, -0.25) is 4.79 Å².